The van der Waals surface area contributed by atoms with Gasteiger partial charge in [-0.05, 0) is 37.0 Å². The van der Waals surface area contributed by atoms with Crippen molar-refractivity contribution in [3.05, 3.63) is 34.3 Å². The molecule has 86 valence electrons. The van der Waals surface area contributed by atoms with E-state index in [0.29, 0.717) is 0 Å². The Bertz CT molecular complexity index is 385. The Labute approximate surface area is 104 Å². The van der Waals surface area contributed by atoms with Crippen LogP contribution in [-0.4, -0.2) is 12.5 Å². The lowest BCUT2D eigenvalue weighted by molar-refractivity contribution is -0.122. The van der Waals surface area contributed by atoms with Crippen molar-refractivity contribution in [2.75, 3.05) is 6.54 Å². The Kier molecular flexibility index (Phi) is 3.30. The lowest BCUT2D eigenvalue weighted by Crippen LogP contribution is -2.52. The molecule has 16 heavy (non-hydrogen) atoms. The van der Waals surface area contributed by atoms with Crippen LogP contribution in [0.1, 0.15) is 24.8 Å². The van der Waals surface area contributed by atoms with Gasteiger partial charge in [-0.2, -0.15) is 0 Å². The highest BCUT2D eigenvalue weighted by Crippen LogP contribution is 2.41. The summed E-state index contributed by atoms with van der Waals surface area (Å²) >= 11 is 3.41. The zero-order valence-corrected chi connectivity index (χ0v) is 10.6. The number of rotatable bonds is 3. The Morgan fingerprint density at radius 2 is 2.00 bits per heavy atom. The zero-order valence-electron chi connectivity index (χ0n) is 9.00. The molecule has 1 fully saturated rings. The topological polar surface area (TPSA) is 55.1 Å². The van der Waals surface area contributed by atoms with Gasteiger partial charge >= 0.3 is 0 Å². The first kappa shape index (κ1) is 11.6. The molecule has 0 heterocycles. The highest BCUT2D eigenvalue weighted by atomic mass is 79.9. The number of amides is 1. The smallest absolute Gasteiger partial charge is 0.234 e. The molecule has 0 atom stereocenters. The molecular weight excluding hydrogens is 268 g/mol. The first-order valence-electron chi connectivity index (χ1n) is 5.43. The number of benzene rings is 1. The molecule has 0 spiro atoms. The van der Waals surface area contributed by atoms with Crippen LogP contribution in [0, 0.1) is 0 Å². The van der Waals surface area contributed by atoms with Crippen molar-refractivity contribution in [2.45, 2.75) is 24.8 Å². The largest absolute Gasteiger partial charge is 0.345 e. The quantitative estimate of drug-likeness (QED) is 0.890. The molecule has 1 amide bonds. The maximum Gasteiger partial charge on any atom is 0.234 e. The van der Waals surface area contributed by atoms with Crippen molar-refractivity contribution < 1.29 is 4.79 Å². The van der Waals surface area contributed by atoms with Gasteiger partial charge in [-0.3, -0.25) is 4.79 Å². The minimum atomic E-state index is -0.169. The van der Waals surface area contributed by atoms with Crippen LogP contribution in [0.5, 0.6) is 0 Å². The Balaban J connectivity index is 2.21. The lowest BCUT2D eigenvalue weighted by atomic mass is 9.72. The Morgan fingerprint density at radius 1 is 1.38 bits per heavy atom. The highest BCUT2D eigenvalue weighted by Gasteiger charge is 2.39. The Hall–Kier alpha value is -0.870. The molecular formula is C12H15BrN2O. The van der Waals surface area contributed by atoms with Crippen LogP contribution in [-0.2, 0) is 10.3 Å². The predicted molar refractivity (Wildman–Crippen MR) is 66.9 cm³/mol. The molecule has 1 aromatic carbocycles. The standard InChI is InChI=1S/C12H15BrN2O/c13-10-4-2-9(3-5-10)12(6-1-7-12)15-11(16)8-14/h2-5H,1,6-8,14H2,(H,15,16). The fourth-order valence-corrected chi connectivity index (χ4v) is 2.37. The fourth-order valence-electron chi connectivity index (χ4n) is 2.10. The summed E-state index contributed by atoms with van der Waals surface area (Å²) < 4.78 is 1.05. The third-order valence-corrected chi connectivity index (χ3v) is 3.70. The zero-order chi connectivity index (χ0) is 11.6. The van der Waals surface area contributed by atoms with Gasteiger partial charge in [0.2, 0.25) is 5.91 Å². The summed E-state index contributed by atoms with van der Waals surface area (Å²) in [6.07, 6.45) is 3.15. The molecule has 4 heteroatoms. The average molecular weight is 283 g/mol. The number of nitrogens with one attached hydrogen (secondary N) is 1. The van der Waals surface area contributed by atoms with Crippen molar-refractivity contribution >= 4 is 21.8 Å². The molecule has 1 aromatic rings. The second-order valence-corrected chi connectivity index (χ2v) is 5.11. The monoisotopic (exact) mass is 282 g/mol. The van der Waals surface area contributed by atoms with Crippen LogP contribution < -0.4 is 11.1 Å². The van der Waals surface area contributed by atoms with Gasteiger partial charge in [0.1, 0.15) is 0 Å². The van der Waals surface area contributed by atoms with Crippen LogP contribution in [0.15, 0.2) is 28.7 Å². The van der Waals surface area contributed by atoms with E-state index in [0.717, 1.165) is 23.7 Å². The highest BCUT2D eigenvalue weighted by molar-refractivity contribution is 9.10. The van der Waals surface area contributed by atoms with E-state index in [1.54, 1.807) is 0 Å². The molecule has 1 saturated carbocycles. The van der Waals surface area contributed by atoms with E-state index in [-0.39, 0.29) is 18.0 Å². The van der Waals surface area contributed by atoms with E-state index in [1.807, 2.05) is 12.1 Å². The molecule has 0 radical (unpaired) electrons. The normalized spacial score (nSPS) is 17.6. The van der Waals surface area contributed by atoms with E-state index >= 15 is 0 Å². The SMILES string of the molecule is NCC(=O)NC1(c2ccc(Br)cc2)CCC1. The second-order valence-electron chi connectivity index (χ2n) is 4.19. The molecule has 0 aliphatic heterocycles. The first-order chi connectivity index (χ1) is 7.66. The van der Waals surface area contributed by atoms with Gasteiger partial charge < -0.3 is 11.1 Å². The van der Waals surface area contributed by atoms with Crippen molar-refractivity contribution in [3.8, 4) is 0 Å². The number of hydrogen-bond acceptors (Lipinski definition) is 2. The van der Waals surface area contributed by atoms with Crippen LogP contribution in [0.4, 0.5) is 0 Å². The summed E-state index contributed by atoms with van der Waals surface area (Å²) in [6, 6.07) is 8.12. The van der Waals surface area contributed by atoms with Gasteiger partial charge in [0, 0.05) is 4.47 Å². The summed E-state index contributed by atoms with van der Waals surface area (Å²) in [5, 5.41) is 3.04. The third kappa shape index (κ3) is 2.13. The predicted octanol–water partition coefficient (Wildman–Crippen LogP) is 1.90. The minimum Gasteiger partial charge on any atom is -0.345 e. The molecule has 0 unspecified atom stereocenters. The second kappa shape index (κ2) is 4.55. The molecule has 2 rings (SSSR count). The molecule has 0 aromatic heterocycles. The molecule has 0 bridgehead atoms. The van der Waals surface area contributed by atoms with E-state index in [9.17, 15) is 4.79 Å². The van der Waals surface area contributed by atoms with Crippen LogP contribution in [0.3, 0.4) is 0 Å². The van der Waals surface area contributed by atoms with Crippen LogP contribution in [0.2, 0.25) is 0 Å². The minimum absolute atomic E-state index is 0.0538. The van der Waals surface area contributed by atoms with Crippen molar-refractivity contribution in [3.63, 3.8) is 0 Å². The summed E-state index contributed by atoms with van der Waals surface area (Å²) in [5.41, 5.74) is 6.34. The summed E-state index contributed by atoms with van der Waals surface area (Å²) in [4.78, 5) is 11.4. The van der Waals surface area contributed by atoms with Gasteiger partial charge in [0.05, 0.1) is 12.1 Å². The van der Waals surface area contributed by atoms with E-state index in [1.165, 1.54) is 5.56 Å². The molecule has 1 aliphatic carbocycles. The molecule has 1 aliphatic rings. The summed E-state index contributed by atoms with van der Waals surface area (Å²) in [5.74, 6) is -0.0809. The van der Waals surface area contributed by atoms with Crippen molar-refractivity contribution in [2.24, 2.45) is 5.73 Å². The van der Waals surface area contributed by atoms with Gasteiger partial charge in [0.25, 0.3) is 0 Å². The van der Waals surface area contributed by atoms with Gasteiger partial charge in [-0.25, -0.2) is 0 Å². The molecule has 3 nitrogen and oxygen atoms in total. The van der Waals surface area contributed by atoms with E-state index in [4.69, 9.17) is 5.73 Å². The first-order valence-corrected chi connectivity index (χ1v) is 6.23. The van der Waals surface area contributed by atoms with Gasteiger partial charge in [0.15, 0.2) is 0 Å². The van der Waals surface area contributed by atoms with Crippen molar-refractivity contribution in [1.29, 1.82) is 0 Å². The average Bonchev–Trinajstić information content (AvgIpc) is 2.24. The number of nitrogens with two attached hydrogens (primary N) is 1. The number of hydrogen-bond donors (Lipinski definition) is 2. The van der Waals surface area contributed by atoms with Crippen LogP contribution in [0.25, 0.3) is 0 Å². The van der Waals surface area contributed by atoms with Crippen LogP contribution >= 0.6 is 15.9 Å². The lowest BCUT2D eigenvalue weighted by Gasteiger charge is -2.43. The summed E-state index contributed by atoms with van der Waals surface area (Å²) in [7, 11) is 0. The number of carbonyl (C=O) groups excluding carboxylic acids is 1. The van der Waals surface area contributed by atoms with Gasteiger partial charge in [-0.1, -0.05) is 28.1 Å². The molecule has 3 N–H and O–H groups in total. The maximum atomic E-state index is 11.4. The molecule has 0 saturated heterocycles. The van der Waals surface area contributed by atoms with E-state index in [2.05, 4.69) is 33.4 Å². The third-order valence-electron chi connectivity index (χ3n) is 3.17. The summed E-state index contributed by atoms with van der Waals surface area (Å²) in [6.45, 7) is 0.0538. The van der Waals surface area contributed by atoms with E-state index < -0.39 is 0 Å². The van der Waals surface area contributed by atoms with Crippen molar-refractivity contribution in [1.82, 2.24) is 5.32 Å². The fraction of sp³-hybridized carbons (Fsp3) is 0.417. The Morgan fingerprint density at radius 3 is 2.44 bits per heavy atom. The number of halogens is 1. The maximum absolute atomic E-state index is 11.4. The number of carbonyl (C=O) groups is 1. The van der Waals surface area contributed by atoms with Gasteiger partial charge in [-0.15, -0.1) is 0 Å².